The summed E-state index contributed by atoms with van der Waals surface area (Å²) in [4.78, 5) is 0. The Morgan fingerprint density at radius 1 is 1.40 bits per heavy atom. The Morgan fingerprint density at radius 3 is 2.92 bits per heavy atom. The molecule has 4 atom stereocenters. The van der Waals surface area contributed by atoms with E-state index in [1.807, 2.05) is 32.2 Å². The van der Waals surface area contributed by atoms with Gasteiger partial charge in [-0.25, -0.2) is 0 Å². The number of ether oxygens (including phenoxy) is 1. The van der Waals surface area contributed by atoms with Crippen molar-refractivity contribution in [1.29, 1.82) is 0 Å². The van der Waals surface area contributed by atoms with Crippen molar-refractivity contribution in [2.75, 3.05) is 6.61 Å². The first kappa shape index (κ1) is 17.0. The van der Waals surface area contributed by atoms with Gasteiger partial charge in [0.2, 0.25) is 0 Å². The zero-order valence-corrected chi connectivity index (χ0v) is 15.4. The molecule has 0 radical (unpaired) electrons. The number of piperidine rings is 1. The van der Waals surface area contributed by atoms with Crippen LogP contribution in [0.1, 0.15) is 54.4 Å². The normalized spacial score (nSPS) is 32.0. The molecule has 2 N–H and O–H groups in total. The molecular formula is C18H23ClN4O2. The lowest BCUT2D eigenvalue weighted by atomic mass is 9.74. The van der Waals surface area contributed by atoms with Gasteiger partial charge in [0.05, 0.1) is 23.9 Å². The molecule has 2 aliphatic heterocycles. The van der Waals surface area contributed by atoms with Gasteiger partial charge >= 0.3 is 0 Å². The minimum atomic E-state index is -0.611. The Bertz CT molecular complexity index is 808. The number of fused-ring (bicyclic) bond motifs is 2. The average Bonchev–Trinajstić information content (AvgIpc) is 2.90. The van der Waals surface area contributed by atoms with Gasteiger partial charge in [0.15, 0.2) is 0 Å². The Labute approximate surface area is 152 Å². The van der Waals surface area contributed by atoms with Crippen molar-refractivity contribution in [3.8, 4) is 0 Å². The highest BCUT2D eigenvalue weighted by Crippen LogP contribution is 2.48. The first-order chi connectivity index (χ1) is 11.9. The average molecular weight is 363 g/mol. The van der Waals surface area contributed by atoms with Gasteiger partial charge in [0, 0.05) is 24.5 Å². The van der Waals surface area contributed by atoms with Crippen LogP contribution in [0.25, 0.3) is 0 Å². The molecular weight excluding hydrogens is 340 g/mol. The fourth-order valence-corrected chi connectivity index (χ4v) is 4.42. The standard InChI is InChI=1S/C18H23ClN4O2/c1-10-7-18(8-15(20-10)17-11(2)23(3)22-21-17)14-6-12(19)4-5-13(14)16(24)9-25-18/h4-6,10,15-16,20,24H,7-9H2,1-3H3/t10-,15-,16-,18-/m0/s1. The van der Waals surface area contributed by atoms with E-state index in [1.165, 1.54) is 0 Å². The predicted octanol–water partition coefficient (Wildman–Crippen LogP) is 2.55. The summed E-state index contributed by atoms with van der Waals surface area (Å²) in [6, 6.07) is 5.97. The van der Waals surface area contributed by atoms with E-state index in [0.29, 0.717) is 11.6 Å². The fourth-order valence-electron chi connectivity index (χ4n) is 4.24. The quantitative estimate of drug-likeness (QED) is 0.815. The molecule has 25 heavy (non-hydrogen) atoms. The fraction of sp³-hybridized carbons (Fsp3) is 0.556. The third kappa shape index (κ3) is 2.77. The third-order valence-electron chi connectivity index (χ3n) is 5.51. The summed E-state index contributed by atoms with van der Waals surface area (Å²) in [5, 5.41) is 23.1. The van der Waals surface area contributed by atoms with Crippen LogP contribution in [0.5, 0.6) is 0 Å². The van der Waals surface area contributed by atoms with Gasteiger partial charge in [0.1, 0.15) is 11.8 Å². The first-order valence-corrected chi connectivity index (χ1v) is 9.01. The number of aryl methyl sites for hydroxylation is 1. The second-order valence-electron chi connectivity index (χ2n) is 7.26. The van der Waals surface area contributed by atoms with Crippen LogP contribution in [0.15, 0.2) is 18.2 Å². The maximum absolute atomic E-state index is 10.4. The number of aliphatic hydroxyl groups is 1. The zero-order valence-electron chi connectivity index (χ0n) is 14.7. The number of hydrogen-bond donors (Lipinski definition) is 2. The van der Waals surface area contributed by atoms with Crippen LogP contribution < -0.4 is 5.32 Å². The summed E-state index contributed by atoms with van der Waals surface area (Å²) < 4.78 is 8.06. The summed E-state index contributed by atoms with van der Waals surface area (Å²) in [5.41, 5.74) is 3.44. The van der Waals surface area contributed by atoms with Gasteiger partial charge in [-0.15, -0.1) is 5.10 Å². The molecule has 134 valence electrons. The molecule has 0 aliphatic carbocycles. The summed E-state index contributed by atoms with van der Waals surface area (Å²) in [6.45, 7) is 4.48. The minimum absolute atomic E-state index is 0.0412. The van der Waals surface area contributed by atoms with E-state index in [2.05, 4.69) is 22.6 Å². The van der Waals surface area contributed by atoms with Crippen molar-refractivity contribution in [1.82, 2.24) is 20.3 Å². The Hall–Kier alpha value is -1.47. The lowest BCUT2D eigenvalue weighted by molar-refractivity contribution is -0.132. The maximum atomic E-state index is 10.4. The number of halogens is 1. The summed E-state index contributed by atoms with van der Waals surface area (Å²) in [6.07, 6.45) is 0.944. The molecule has 0 amide bonds. The van der Waals surface area contributed by atoms with E-state index in [0.717, 1.165) is 35.4 Å². The highest BCUT2D eigenvalue weighted by Gasteiger charge is 2.47. The van der Waals surface area contributed by atoms with Gasteiger partial charge in [-0.2, -0.15) is 0 Å². The number of aromatic nitrogens is 3. The monoisotopic (exact) mass is 362 g/mol. The minimum Gasteiger partial charge on any atom is -0.386 e. The van der Waals surface area contributed by atoms with Gasteiger partial charge in [-0.05, 0) is 43.5 Å². The van der Waals surface area contributed by atoms with Crippen LogP contribution in [0.2, 0.25) is 5.02 Å². The number of hydrogen-bond acceptors (Lipinski definition) is 5. The van der Waals surface area contributed by atoms with Gasteiger partial charge in [0.25, 0.3) is 0 Å². The van der Waals surface area contributed by atoms with Crippen LogP contribution in [-0.2, 0) is 17.4 Å². The number of benzene rings is 1. The van der Waals surface area contributed by atoms with Crippen LogP contribution in [0.3, 0.4) is 0 Å². The smallest absolute Gasteiger partial charge is 0.103 e. The summed E-state index contributed by atoms with van der Waals surface area (Å²) in [7, 11) is 1.90. The van der Waals surface area contributed by atoms with E-state index in [1.54, 1.807) is 4.68 Å². The molecule has 0 bridgehead atoms. The van der Waals surface area contributed by atoms with E-state index in [4.69, 9.17) is 16.3 Å². The highest BCUT2D eigenvalue weighted by molar-refractivity contribution is 6.30. The Kier molecular flexibility index (Phi) is 4.11. The highest BCUT2D eigenvalue weighted by atomic mass is 35.5. The molecule has 0 unspecified atom stereocenters. The second kappa shape index (κ2) is 6.06. The van der Waals surface area contributed by atoms with Crippen molar-refractivity contribution in [3.05, 3.63) is 45.7 Å². The lowest BCUT2D eigenvalue weighted by Crippen LogP contribution is -2.50. The van der Waals surface area contributed by atoms with E-state index >= 15 is 0 Å². The Balaban J connectivity index is 1.78. The molecule has 3 heterocycles. The molecule has 1 aromatic heterocycles. The molecule has 4 rings (SSSR count). The van der Waals surface area contributed by atoms with Crippen molar-refractivity contribution in [3.63, 3.8) is 0 Å². The zero-order chi connectivity index (χ0) is 17.8. The lowest BCUT2D eigenvalue weighted by Gasteiger charge is -2.48. The van der Waals surface area contributed by atoms with Crippen LogP contribution >= 0.6 is 11.6 Å². The van der Waals surface area contributed by atoms with E-state index in [-0.39, 0.29) is 12.1 Å². The second-order valence-corrected chi connectivity index (χ2v) is 7.70. The molecule has 7 heteroatoms. The number of nitrogens with one attached hydrogen (secondary N) is 1. The van der Waals surface area contributed by atoms with Gasteiger partial charge in [-0.3, -0.25) is 4.68 Å². The van der Waals surface area contributed by atoms with E-state index in [9.17, 15) is 5.11 Å². The number of rotatable bonds is 1. The summed E-state index contributed by atoms with van der Waals surface area (Å²) >= 11 is 6.27. The van der Waals surface area contributed by atoms with Crippen molar-refractivity contribution >= 4 is 11.6 Å². The Morgan fingerprint density at radius 2 is 2.20 bits per heavy atom. The van der Waals surface area contributed by atoms with Gasteiger partial charge < -0.3 is 15.2 Å². The molecule has 1 aromatic carbocycles. The van der Waals surface area contributed by atoms with Crippen LogP contribution in [0.4, 0.5) is 0 Å². The molecule has 2 aromatic rings. The topological polar surface area (TPSA) is 72.2 Å². The molecule has 6 nitrogen and oxygen atoms in total. The van der Waals surface area contributed by atoms with E-state index < -0.39 is 11.7 Å². The molecule has 0 saturated carbocycles. The third-order valence-corrected chi connectivity index (χ3v) is 5.75. The maximum Gasteiger partial charge on any atom is 0.103 e. The number of aliphatic hydroxyl groups excluding tert-OH is 1. The number of nitrogens with zero attached hydrogens (tertiary/aromatic N) is 3. The van der Waals surface area contributed by atoms with Gasteiger partial charge in [-0.1, -0.05) is 22.9 Å². The predicted molar refractivity (Wildman–Crippen MR) is 94.4 cm³/mol. The van der Waals surface area contributed by atoms with Crippen molar-refractivity contribution in [2.45, 2.75) is 50.5 Å². The van der Waals surface area contributed by atoms with Crippen LogP contribution in [-0.4, -0.2) is 32.7 Å². The molecule has 1 saturated heterocycles. The largest absolute Gasteiger partial charge is 0.386 e. The molecule has 1 fully saturated rings. The summed E-state index contributed by atoms with van der Waals surface area (Å²) in [5.74, 6) is 0. The van der Waals surface area contributed by atoms with Crippen LogP contribution in [0, 0.1) is 6.92 Å². The first-order valence-electron chi connectivity index (χ1n) is 8.64. The molecule has 2 aliphatic rings. The SMILES string of the molecule is Cc1c([C@@H]2C[C@]3(C[C@H](C)N2)OC[C@H](O)c2ccc(Cl)cc23)nnn1C. The van der Waals surface area contributed by atoms with Crippen molar-refractivity contribution in [2.24, 2.45) is 7.05 Å². The van der Waals surface area contributed by atoms with Crippen molar-refractivity contribution < 1.29 is 9.84 Å². The molecule has 1 spiro atoms.